The molecule has 0 saturated heterocycles. The Bertz CT molecular complexity index is 231. The molecule has 0 spiro atoms. The van der Waals surface area contributed by atoms with Gasteiger partial charge in [0.25, 0.3) is 0 Å². The topological polar surface area (TPSA) is 12.0 Å². The van der Waals surface area contributed by atoms with Gasteiger partial charge in [0.05, 0.1) is 0 Å². The van der Waals surface area contributed by atoms with Gasteiger partial charge in [0.1, 0.15) is 4.99 Å². The lowest BCUT2D eigenvalue weighted by Gasteiger charge is -2.02. The molecule has 1 rings (SSSR count). The molecule has 0 aromatic heterocycles. The highest BCUT2D eigenvalue weighted by Gasteiger charge is 1.95. The normalized spacial score (nSPS) is 9.18. The molecule has 0 saturated carbocycles. The Labute approximate surface area is 72.4 Å². The van der Waals surface area contributed by atoms with Crippen LogP contribution in [0.3, 0.4) is 0 Å². The van der Waals surface area contributed by atoms with E-state index in [-0.39, 0.29) is 0 Å². The first-order valence-corrected chi connectivity index (χ1v) is 3.89. The highest BCUT2D eigenvalue weighted by atomic mass is 32.1. The Morgan fingerprint density at radius 3 is 2.55 bits per heavy atom. The maximum Gasteiger partial charge on any atom is 0.106 e. The molecule has 0 amide bonds. The molecule has 0 fully saturated rings. The van der Waals surface area contributed by atoms with Gasteiger partial charge >= 0.3 is 0 Å². The number of rotatable bonds is 2. The van der Waals surface area contributed by atoms with Gasteiger partial charge in [-0.05, 0) is 6.92 Å². The molecule has 0 heterocycles. The van der Waals surface area contributed by atoms with Crippen molar-refractivity contribution in [2.24, 2.45) is 0 Å². The van der Waals surface area contributed by atoms with E-state index in [0.717, 1.165) is 10.6 Å². The number of hydrogen-bond acceptors (Lipinski definition) is 1. The molecule has 0 aliphatic rings. The van der Waals surface area contributed by atoms with Crippen LogP contribution in [-0.2, 0) is 0 Å². The van der Waals surface area contributed by atoms with Crippen LogP contribution < -0.4 is 5.32 Å². The summed E-state index contributed by atoms with van der Waals surface area (Å²) in [6.07, 6.45) is 0. The molecule has 0 bridgehead atoms. The van der Waals surface area contributed by atoms with Crippen LogP contribution in [0.4, 0.5) is 0 Å². The zero-order chi connectivity index (χ0) is 8.10. The third-order valence-corrected chi connectivity index (χ3v) is 1.66. The first-order valence-electron chi connectivity index (χ1n) is 3.48. The molecule has 1 nitrogen and oxygen atoms in total. The Morgan fingerprint density at radius 2 is 2.00 bits per heavy atom. The summed E-state index contributed by atoms with van der Waals surface area (Å²) in [5.41, 5.74) is 1.06. The number of nitrogens with one attached hydrogen (secondary N) is 1. The Hall–Kier alpha value is -0.890. The summed E-state index contributed by atoms with van der Waals surface area (Å²) in [5.74, 6) is 0. The van der Waals surface area contributed by atoms with E-state index in [1.807, 2.05) is 43.8 Å². The van der Waals surface area contributed by atoms with E-state index in [2.05, 4.69) is 5.32 Å². The van der Waals surface area contributed by atoms with Crippen molar-refractivity contribution in [3.05, 3.63) is 42.4 Å². The molecule has 0 aliphatic heterocycles. The van der Waals surface area contributed by atoms with Crippen molar-refractivity contribution in [1.82, 2.24) is 5.32 Å². The third kappa shape index (κ3) is 2.31. The van der Waals surface area contributed by atoms with E-state index in [1.165, 1.54) is 0 Å². The summed E-state index contributed by atoms with van der Waals surface area (Å²) in [7, 11) is 0. The zero-order valence-electron chi connectivity index (χ0n) is 6.37. The minimum atomic E-state index is 0.771. The molecule has 0 aliphatic carbocycles. The van der Waals surface area contributed by atoms with Crippen LogP contribution in [0.1, 0.15) is 12.5 Å². The molecule has 57 valence electrons. The summed E-state index contributed by atoms with van der Waals surface area (Å²) in [5, 5.41) is 2.97. The monoisotopic (exact) mass is 164 g/mol. The van der Waals surface area contributed by atoms with Crippen LogP contribution in [-0.4, -0.2) is 4.99 Å². The van der Waals surface area contributed by atoms with Gasteiger partial charge in [-0.3, -0.25) is 0 Å². The van der Waals surface area contributed by atoms with Gasteiger partial charge in [0.15, 0.2) is 0 Å². The van der Waals surface area contributed by atoms with Gasteiger partial charge in [0, 0.05) is 12.1 Å². The molecule has 1 radical (unpaired) electrons. The van der Waals surface area contributed by atoms with E-state index >= 15 is 0 Å². The average molecular weight is 164 g/mol. The van der Waals surface area contributed by atoms with E-state index in [0.29, 0.717) is 0 Å². The summed E-state index contributed by atoms with van der Waals surface area (Å²) < 4.78 is 0. The van der Waals surface area contributed by atoms with Crippen molar-refractivity contribution in [3.8, 4) is 0 Å². The van der Waals surface area contributed by atoms with E-state index in [9.17, 15) is 0 Å². The summed E-state index contributed by atoms with van der Waals surface area (Å²) in [6, 6.07) is 9.89. The van der Waals surface area contributed by atoms with Crippen molar-refractivity contribution in [2.75, 3.05) is 0 Å². The molecule has 11 heavy (non-hydrogen) atoms. The summed E-state index contributed by atoms with van der Waals surface area (Å²) in [6.45, 7) is 3.74. The van der Waals surface area contributed by atoms with Crippen LogP contribution in [0, 0.1) is 6.54 Å². The maximum atomic E-state index is 5.08. The molecule has 1 N–H and O–H groups in total. The highest BCUT2D eigenvalue weighted by molar-refractivity contribution is 7.80. The minimum absolute atomic E-state index is 0.771. The van der Waals surface area contributed by atoms with Crippen LogP contribution in [0.5, 0.6) is 0 Å². The quantitative estimate of drug-likeness (QED) is 0.672. The smallest absolute Gasteiger partial charge is 0.106 e. The van der Waals surface area contributed by atoms with Gasteiger partial charge in [-0.15, -0.1) is 0 Å². The average Bonchev–Trinajstić information content (AvgIpc) is 2.07. The maximum absolute atomic E-state index is 5.08. The predicted molar refractivity (Wildman–Crippen MR) is 51.3 cm³/mol. The van der Waals surface area contributed by atoms with Crippen LogP contribution >= 0.6 is 12.2 Å². The largest absolute Gasteiger partial charge is 0.371 e. The van der Waals surface area contributed by atoms with Gasteiger partial charge in [-0.2, -0.15) is 0 Å². The van der Waals surface area contributed by atoms with Crippen molar-refractivity contribution < 1.29 is 0 Å². The van der Waals surface area contributed by atoms with Crippen molar-refractivity contribution >= 4 is 17.2 Å². The lowest BCUT2D eigenvalue weighted by molar-refractivity contribution is 1.13. The molecular formula is C9H10NS. The lowest BCUT2D eigenvalue weighted by atomic mass is 10.2. The second-order valence-corrected chi connectivity index (χ2v) is 2.54. The minimum Gasteiger partial charge on any atom is -0.371 e. The SMILES string of the molecule is C[CH]NC(=S)c1ccccc1. The Kier molecular flexibility index (Phi) is 3.05. The molecule has 0 unspecified atom stereocenters. The lowest BCUT2D eigenvalue weighted by Crippen LogP contribution is -2.17. The second kappa shape index (κ2) is 4.09. The Balaban J connectivity index is 2.69. The van der Waals surface area contributed by atoms with Crippen molar-refractivity contribution in [1.29, 1.82) is 0 Å². The second-order valence-electron chi connectivity index (χ2n) is 2.13. The molecule has 1 aromatic carbocycles. The molecule has 1 aromatic rings. The summed E-state index contributed by atoms with van der Waals surface area (Å²) in [4.78, 5) is 0.771. The fraction of sp³-hybridized carbons (Fsp3) is 0.111. The third-order valence-electron chi connectivity index (χ3n) is 1.31. The number of thiocarbonyl (C=S) groups is 1. The van der Waals surface area contributed by atoms with Crippen LogP contribution in [0.15, 0.2) is 30.3 Å². The fourth-order valence-electron chi connectivity index (χ4n) is 0.804. The van der Waals surface area contributed by atoms with Gasteiger partial charge in [-0.1, -0.05) is 42.5 Å². The first-order chi connectivity index (χ1) is 5.34. The molecule has 0 atom stereocenters. The Morgan fingerprint density at radius 1 is 1.36 bits per heavy atom. The highest BCUT2D eigenvalue weighted by Crippen LogP contribution is 1.98. The van der Waals surface area contributed by atoms with Crippen molar-refractivity contribution in [3.63, 3.8) is 0 Å². The van der Waals surface area contributed by atoms with Gasteiger partial charge in [-0.25, -0.2) is 0 Å². The number of benzene rings is 1. The first kappa shape index (κ1) is 8.21. The molecule has 2 heteroatoms. The predicted octanol–water partition coefficient (Wildman–Crippen LogP) is 2.13. The summed E-state index contributed by atoms with van der Waals surface area (Å²) >= 11 is 5.08. The fourth-order valence-corrected chi connectivity index (χ4v) is 1.06. The van der Waals surface area contributed by atoms with Crippen LogP contribution in [0.25, 0.3) is 0 Å². The van der Waals surface area contributed by atoms with E-state index < -0.39 is 0 Å². The molecular weight excluding hydrogens is 154 g/mol. The van der Waals surface area contributed by atoms with Crippen LogP contribution in [0.2, 0.25) is 0 Å². The van der Waals surface area contributed by atoms with E-state index in [1.54, 1.807) is 0 Å². The standard InChI is InChI=1S/C9H10NS/c1-2-10-9(11)8-6-4-3-5-7-8/h2-7H,1H3,(H,10,11). The number of hydrogen-bond donors (Lipinski definition) is 1. The van der Waals surface area contributed by atoms with Gasteiger partial charge in [0.2, 0.25) is 0 Å². The zero-order valence-corrected chi connectivity index (χ0v) is 7.19. The van der Waals surface area contributed by atoms with Gasteiger partial charge < -0.3 is 5.32 Å². The van der Waals surface area contributed by atoms with E-state index in [4.69, 9.17) is 12.2 Å². The van der Waals surface area contributed by atoms with Crippen molar-refractivity contribution in [2.45, 2.75) is 6.92 Å².